The standard InChI is InChI=1S/C14H18N2O4/c1-9-3-2-4-12(13(9)16(19)20)14(18)15-8-10-5-6-11(17)7-10/h2-4,10-11,17H,5-8H2,1H3,(H,15,18). The van der Waals surface area contributed by atoms with E-state index in [2.05, 4.69) is 5.32 Å². The van der Waals surface area contributed by atoms with Crippen molar-refractivity contribution in [1.82, 2.24) is 5.32 Å². The van der Waals surface area contributed by atoms with E-state index in [1.165, 1.54) is 6.07 Å². The number of nitrogens with zero attached hydrogens (tertiary/aromatic N) is 1. The maximum Gasteiger partial charge on any atom is 0.285 e. The predicted octanol–water partition coefficient (Wildman–Crippen LogP) is 1.79. The summed E-state index contributed by atoms with van der Waals surface area (Å²) >= 11 is 0. The van der Waals surface area contributed by atoms with E-state index in [9.17, 15) is 20.0 Å². The molecule has 1 aliphatic carbocycles. The number of amides is 1. The van der Waals surface area contributed by atoms with Crippen molar-refractivity contribution in [3.05, 3.63) is 39.4 Å². The second-order valence-electron chi connectivity index (χ2n) is 5.27. The number of aryl methyl sites for hydroxylation is 1. The lowest BCUT2D eigenvalue weighted by molar-refractivity contribution is -0.385. The summed E-state index contributed by atoms with van der Waals surface area (Å²) in [5, 5.41) is 23.2. The molecular formula is C14H18N2O4. The largest absolute Gasteiger partial charge is 0.393 e. The minimum atomic E-state index is -0.524. The first-order valence-electron chi connectivity index (χ1n) is 6.69. The lowest BCUT2D eigenvalue weighted by atomic mass is 10.1. The molecule has 2 atom stereocenters. The molecule has 6 heteroatoms. The Morgan fingerprint density at radius 3 is 2.85 bits per heavy atom. The Morgan fingerprint density at radius 1 is 1.50 bits per heavy atom. The second-order valence-corrected chi connectivity index (χ2v) is 5.27. The quantitative estimate of drug-likeness (QED) is 0.648. The van der Waals surface area contributed by atoms with Crippen LogP contribution in [0.4, 0.5) is 5.69 Å². The van der Waals surface area contributed by atoms with Gasteiger partial charge in [-0.3, -0.25) is 14.9 Å². The Labute approximate surface area is 117 Å². The molecule has 0 aliphatic heterocycles. The van der Waals surface area contributed by atoms with Gasteiger partial charge in [-0.15, -0.1) is 0 Å². The van der Waals surface area contributed by atoms with Crippen molar-refractivity contribution >= 4 is 11.6 Å². The molecule has 2 rings (SSSR count). The lowest BCUT2D eigenvalue weighted by Gasteiger charge is -2.11. The van der Waals surface area contributed by atoms with Crippen LogP contribution in [0.25, 0.3) is 0 Å². The first kappa shape index (κ1) is 14.5. The van der Waals surface area contributed by atoms with Gasteiger partial charge in [-0.25, -0.2) is 0 Å². The average molecular weight is 278 g/mol. The number of carbonyl (C=O) groups is 1. The molecule has 1 fully saturated rings. The summed E-state index contributed by atoms with van der Waals surface area (Å²) in [6.45, 7) is 2.06. The van der Waals surface area contributed by atoms with Crippen LogP contribution in [0.3, 0.4) is 0 Å². The molecule has 1 aromatic rings. The summed E-state index contributed by atoms with van der Waals surface area (Å²) in [4.78, 5) is 22.6. The highest BCUT2D eigenvalue weighted by molar-refractivity contribution is 5.98. The molecule has 20 heavy (non-hydrogen) atoms. The molecule has 2 N–H and O–H groups in total. The summed E-state index contributed by atoms with van der Waals surface area (Å²) in [6.07, 6.45) is 2.02. The number of rotatable bonds is 4. The zero-order valence-corrected chi connectivity index (χ0v) is 11.3. The zero-order chi connectivity index (χ0) is 14.7. The highest BCUT2D eigenvalue weighted by atomic mass is 16.6. The predicted molar refractivity (Wildman–Crippen MR) is 73.5 cm³/mol. The highest BCUT2D eigenvalue weighted by Gasteiger charge is 2.25. The van der Waals surface area contributed by atoms with E-state index in [1.807, 2.05) is 0 Å². The Bertz CT molecular complexity index is 530. The van der Waals surface area contributed by atoms with Crippen LogP contribution in [0, 0.1) is 23.0 Å². The van der Waals surface area contributed by atoms with Crippen LogP contribution in [-0.2, 0) is 0 Å². The number of carbonyl (C=O) groups excluding carboxylic acids is 1. The number of para-hydroxylation sites is 1. The van der Waals surface area contributed by atoms with Gasteiger partial charge in [0, 0.05) is 12.1 Å². The zero-order valence-electron chi connectivity index (χ0n) is 11.3. The fourth-order valence-corrected chi connectivity index (χ4v) is 2.65. The number of hydrogen-bond acceptors (Lipinski definition) is 4. The van der Waals surface area contributed by atoms with Gasteiger partial charge in [0.05, 0.1) is 11.0 Å². The van der Waals surface area contributed by atoms with Crippen LogP contribution in [0.2, 0.25) is 0 Å². The molecule has 0 heterocycles. The maximum absolute atomic E-state index is 12.1. The van der Waals surface area contributed by atoms with E-state index in [1.54, 1.807) is 19.1 Å². The molecule has 0 saturated heterocycles. The Morgan fingerprint density at radius 2 is 2.25 bits per heavy atom. The van der Waals surface area contributed by atoms with Crippen molar-refractivity contribution in [3.8, 4) is 0 Å². The third kappa shape index (κ3) is 3.14. The van der Waals surface area contributed by atoms with Gasteiger partial charge in [0.15, 0.2) is 0 Å². The maximum atomic E-state index is 12.1. The van der Waals surface area contributed by atoms with Gasteiger partial charge in [-0.05, 0) is 38.2 Å². The van der Waals surface area contributed by atoms with E-state index in [4.69, 9.17) is 0 Å². The molecule has 0 aromatic heterocycles. The number of nitro benzene ring substituents is 1. The summed E-state index contributed by atoms with van der Waals surface area (Å²) < 4.78 is 0. The molecule has 1 amide bonds. The third-order valence-electron chi connectivity index (χ3n) is 3.73. The Kier molecular flexibility index (Phi) is 4.34. The van der Waals surface area contributed by atoms with Crippen molar-refractivity contribution in [1.29, 1.82) is 0 Å². The summed E-state index contributed by atoms with van der Waals surface area (Å²) in [7, 11) is 0. The SMILES string of the molecule is Cc1cccc(C(=O)NCC2CCC(O)C2)c1[N+](=O)[O-]. The number of hydrogen-bond donors (Lipinski definition) is 2. The molecule has 108 valence electrons. The summed E-state index contributed by atoms with van der Waals surface area (Å²) in [5.74, 6) is -0.181. The van der Waals surface area contributed by atoms with Crippen molar-refractivity contribution in [3.63, 3.8) is 0 Å². The van der Waals surface area contributed by atoms with Crippen LogP contribution < -0.4 is 5.32 Å². The van der Waals surface area contributed by atoms with Gasteiger partial charge >= 0.3 is 0 Å². The van der Waals surface area contributed by atoms with E-state index in [-0.39, 0.29) is 23.3 Å². The number of nitrogens with one attached hydrogen (secondary N) is 1. The van der Waals surface area contributed by atoms with Gasteiger partial charge in [-0.1, -0.05) is 12.1 Å². The van der Waals surface area contributed by atoms with Crippen LogP contribution in [0.5, 0.6) is 0 Å². The molecule has 0 spiro atoms. The van der Waals surface area contributed by atoms with Gasteiger partial charge in [-0.2, -0.15) is 0 Å². The number of aliphatic hydroxyl groups excluding tert-OH is 1. The van der Waals surface area contributed by atoms with Gasteiger partial charge in [0.25, 0.3) is 11.6 Å². The van der Waals surface area contributed by atoms with Crippen LogP contribution >= 0.6 is 0 Å². The van der Waals surface area contributed by atoms with Crippen LogP contribution in [0.15, 0.2) is 18.2 Å². The summed E-state index contributed by atoms with van der Waals surface area (Å²) in [6, 6.07) is 4.71. The average Bonchev–Trinajstić information content (AvgIpc) is 2.81. The molecule has 1 saturated carbocycles. The summed E-state index contributed by atoms with van der Waals surface area (Å²) in [5.41, 5.74) is 0.420. The third-order valence-corrected chi connectivity index (χ3v) is 3.73. The van der Waals surface area contributed by atoms with Crippen molar-refractivity contribution in [2.45, 2.75) is 32.3 Å². The van der Waals surface area contributed by atoms with E-state index in [0.29, 0.717) is 18.5 Å². The van der Waals surface area contributed by atoms with Gasteiger partial charge in [0.2, 0.25) is 0 Å². The molecule has 0 radical (unpaired) electrons. The smallest absolute Gasteiger partial charge is 0.285 e. The molecule has 2 unspecified atom stereocenters. The van der Waals surface area contributed by atoms with Crippen LogP contribution in [0.1, 0.15) is 35.2 Å². The second kappa shape index (κ2) is 6.00. The van der Waals surface area contributed by atoms with Crippen molar-refractivity contribution < 1.29 is 14.8 Å². The number of nitro groups is 1. The monoisotopic (exact) mass is 278 g/mol. The number of benzene rings is 1. The van der Waals surface area contributed by atoms with Crippen molar-refractivity contribution in [2.75, 3.05) is 6.54 Å². The first-order valence-corrected chi connectivity index (χ1v) is 6.69. The van der Waals surface area contributed by atoms with Gasteiger partial charge in [0.1, 0.15) is 5.56 Å². The van der Waals surface area contributed by atoms with Crippen molar-refractivity contribution in [2.24, 2.45) is 5.92 Å². The minimum absolute atomic E-state index is 0.0912. The molecule has 0 bridgehead atoms. The van der Waals surface area contributed by atoms with Crippen LogP contribution in [-0.4, -0.2) is 28.6 Å². The highest BCUT2D eigenvalue weighted by Crippen LogP contribution is 2.26. The number of aliphatic hydroxyl groups is 1. The normalized spacial score (nSPS) is 21.7. The fourth-order valence-electron chi connectivity index (χ4n) is 2.65. The van der Waals surface area contributed by atoms with E-state index in [0.717, 1.165) is 12.8 Å². The van der Waals surface area contributed by atoms with E-state index >= 15 is 0 Å². The molecule has 6 nitrogen and oxygen atoms in total. The minimum Gasteiger partial charge on any atom is -0.393 e. The Balaban J connectivity index is 2.06. The van der Waals surface area contributed by atoms with E-state index < -0.39 is 10.8 Å². The molecule has 1 aliphatic rings. The van der Waals surface area contributed by atoms with Gasteiger partial charge < -0.3 is 10.4 Å². The molecule has 1 aromatic carbocycles. The Hall–Kier alpha value is -1.95. The first-order chi connectivity index (χ1) is 9.49. The molecular weight excluding hydrogens is 260 g/mol. The fraction of sp³-hybridized carbons (Fsp3) is 0.500. The topological polar surface area (TPSA) is 92.5 Å². The lowest BCUT2D eigenvalue weighted by Crippen LogP contribution is -2.29.